The van der Waals surface area contributed by atoms with Crippen LogP contribution in [-0.4, -0.2) is 33.8 Å². The SMILES string of the molecule is CCOC(=O)Cn1c(=O)n(C2CC3CCCC(C2)N3)c(=O)c2ccccc21. The second-order valence-corrected chi connectivity index (χ2v) is 7.48. The number of ether oxygens (including phenoxy) is 1. The predicted octanol–water partition coefficient (Wildman–Crippen LogP) is 1.57. The van der Waals surface area contributed by atoms with Gasteiger partial charge in [-0.05, 0) is 44.7 Å². The molecule has 0 saturated carbocycles. The van der Waals surface area contributed by atoms with Gasteiger partial charge in [0.15, 0.2) is 0 Å². The maximum Gasteiger partial charge on any atom is 0.332 e. The van der Waals surface area contributed by atoms with Crippen LogP contribution < -0.4 is 16.6 Å². The number of hydrogen-bond donors (Lipinski definition) is 1. The normalized spacial score (nSPS) is 24.7. The summed E-state index contributed by atoms with van der Waals surface area (Å²) in [5, 5.41) is 4.06. The number of para-hydroxylation sites is 1. The first kappa shape index (κ1) is 18.0. The van der Waals surface area contributed by atoms with Gasteiger partial charge in [0.05, 0.1) is 17.5 Å². The van der Waals surface area contributed by atoms with Crippen molar-refractivity contribution in [3.05, 3.63) is 45.1 Å². The fourth-order valence-electron chi connectivity index (χ4n) is 4.60. The Balaban J connectivity index is 1.84. The number of carbonyl (C=O) groups excluding carboxylic acids is 1. The molecule has 1 N–H and O–H groups in total. The van der Waals surface area contributed by atoms with Crippen LogP contribution in [0, 0.1) is 0 Å². The van der Waals surface area contributed by atoms with Gasteiger partial charge < -0.3 is 10.1 Å². The largest absolute Gasteiger partial charge is 0.465 e. The summed E-state index contributed by atoms with van der Waals surface area (Å²) in [6, 6.07) is 7.53. The maximum atomic E-state index is 13.3. The van der Waals surface area contributed by atoms with Crippen LogP contribution in [0.4, 0.5) is 0 Å². The highest BCUT2D eigenvalue weighted by Gasteiger charge is 2.34. The van der Waals surface area contributed by atoms with Crippen molar-refractivity contribution in [3.63, 3.8) is 0 Å². The zero-order valence-corrected chi connectivity index (χ0v) is 15.5. The molecule has 144 valence electrons. The summed E-state index contributed by atoms with van der Waals surface area (Å²) in [6.07, 6.45) is 4.88. The maximum absolute atomic E-state index is 13.3. The van der Waals surface area contributed by atoms with Crippen LogP contribution in [-0.2, 0) is 16.1 Å². The van der Waals surface area contributed by atoms with E-state index in [0.29, 0.717) is 23.0 Å². The minimum absolute atomic E-state index is 0.139. The molecular weight excluding hydrogens is 346 g/mol. The van der Waals surface area contributed by atoms with Gasteiger partial charge in [0.25, 0.3) is 5.56 Å². The highest BCUT2D eigenvalue weighted by Crippen LogP contribution is 2.31. The van der Waals surface area contributed by atoms with E-state index in [2.05, 4.69) is 5.32 Å². The number of esters is 1. The molecule has 2 aliphatic rings. The monoisotopic (exact) mass is 371 g/mol. The fraction of sp³-hybridized carbons (Fsp3) is 0.550. The number of aromatic nitrogens is 2. The molecule has 1 aromatic heterocycles. The van der Waals surface area contributed by atoms with Gasteiger partial charge in [-0.2, -0.15) is 0 Å². The molecule has 2 bridgehead atoms. The van der Waals surface area contributed by atoms with Crippen molar-refractivity contribution in [2.75, 3.05) is 6.61 Å². The van der Waals surface area contributed by atoms with Gasteiger partial charge in [0.2, 0.25) is 0 Å². The Bertz CT molecular complexity index is 965. The van der Waals surface area contributed by atoms with Crippen molar-refractivity contribution >= 4 is 16.9 Å². The second-order valence-electron chi connectivity index (χ2n) is 7.48. The van der Waals surface area contributed by atoms with Gasteiger partial charge in [-0.25, -0.2) is 4.79 Å². The number of nitrogens with one attached hydrogen (secondary N) is 1. The lowest BCUT2D eigenvalue weighted by Crippen LogP contribution is -2.53. The summed E-state index contributed by atoms with van der Waals surface area (Å²) in [6.45, 7) is 1.79. The third-order valence-electron chi connectivity index (χ3n) is 5.73. The summed E-state index contributed by atoms with van der Waals surface area (Å²) in [5.74, 6) is -0.475. The van der Waals surface area contributed by atoms with Gasteiger partial charge >= 0.3 is 11.7 Å². The molecule has 2 aliphatic heterocycles. The topological polar surface area (TPSA) is 82.3 Å². The average molecular weight is 371 g/mol. The highest BCUT2D eigenvalue weighted by molar-refractivity contribution is 5.80. The standard InChI is InChI=1S/C20H25N3O4/c1-2-27-18(24)12-22-17-9-4-3-8-16(17)19(25)23(20(22)26)15-10-13-6-5-7-14(11-15)21-13/h3-4,8-9,13-15,21H,2,5-7,10-12H2,1H3. The Morgan fingerprint density at radius 1 is 1.19 bits per heavy atom. The summed E-state index contributed by atoms with van der Waals surface area (Å²) in [4.78, 5) is 38.5. The lowest BCUT2D eigenvalue weighted by Gasteiger charge is -2.40. The van der Waals surface area contributed by atoms with Crippen LogP contribution in [0.3, 0.4) is 0 Å². The van der Waals surface area contributed by atoms with Crippen LogP contribution in [0.15, 0.2) is 33.9 Å². The number of fused-ring (bicyclic) bond motifs is 3. The molecule has 2 saturated heterocycles. The van der Waals surface area contributed by atoms with Gasteiger partial charge in [-0.3, -0.25) is 18.7 Å². The fourth-order valence-corrected chi connectivity index (χ4v) is 4.60. The van der Waals surface area contributed by atoms with E-state index in [4.69, 9.17) is 4.74 Å². The molecular formula is C20H25N3O4. The minimum Gasteiger partial charge on any atom is -0.465 e. The van der Waals surface area contributed by atoms with Crippen molar-refractivity contribution < 1.29 is 9.53 Å². The van der Waals surface area contributed by atoms with E-state index >= 15 is 0 Å². The van der Waals surface area contributed by atoms with E-state index in [1.165, 1.54) is 15.6 Å². The zero-order chi connectivity index (χ0) is 19.0. The Morgan fingerprint density at radius 3 is 2.59 bits per heavy atom. The van der Waals surface area contributed by atoms with Crippen molar-refractivity contribution in [1.29, 1.82) is 0 Å². The first-order valence-corrected chi connectivity index (χ1v) is 9.74. The Hall–Kier alpha value is -2.41. The third kappa shape index (κ3) is 3.32. The summed E-state index contributed by atoms with van der Waals surface area (Å²) in [5.41, 5.74) is -0.205. The average Bonchev–Trinajstić information content (AvgIpc) is 2.65. The third-order valence-corrected chi connectivity index (χ3v) is 5.73. The highest BCUT2D eigenvalue weighted by atomic mass is 16.5. The lowest BCUT2D eigenvalue weighted by atomic mass is 9.84. The van der Waals surface area contributed by atoms with Crippen molar-refractivity contribution in [2.45, 2.75) is 63.7 Å². The molecule has 2 fully saturated rings. The Morgan fingerprint density at radius 2 is 1.89 bits per heavy atom. The van der Waals surface area contributed by atoms with Crippen LogP contribution >= 0.6 is 0 Å². The van der Waals surface area contributed by atoms with Gasteiger partial charge in [0.1, 0.15) is 6.54 Å². The molecule has 2 atom stereocenters. The summed E-state index contributed by atoms with van der Waals surface area (Å²) < 4.78 is 7.79. The first-order chi connectivity index (χ1) is 13.1. The van der Waals surface area contributed by atoms with Crippen molar-refractivity contribution in [2.24, 2.45) is 0 Å². The van der Waals surface area contributed by atoms with Crippen LogP contribution in [0.1, 0.15) is 45.1 Å². The lowest BCUT2D eigenvalue weighted by molar-refractivity contribution is -0.143. The van der Waals surface area contributed by atoms with E-state index in [-0.39, 0.29) is 24.8 Å². The smallest absolute Gasteiger partial charge is 0.332 e. The molecule has 0 aliphatic carbocycles. The Kier molecular flexibility index (Phi) is 4.86. The molecule has 0 spiro atoms. The van der Waals surface area contributed by atoms with E-state index in [9.17, 15) is 14.4 Å². The minimum atomic E-state index is -0.475. The molecule has 2 unspecified atom stereocenters. The second kappa shape index (κ2) is 7.31. The van der Waals surface area contributed by atoms with E-state index in [1.807, 2.05) is 0 Å². The Labute approximate surface area is 156 Å². The zero-order valence-electron chi connectivity index (χ0n) is 15.5. The van der Waals surface area contributed by atoms with Crippen LogP contribution in [0.2, 0.25) is 0 Å². The van der Waals surface area contributed by atoms with Crippen LogP contribution in [0.25, 0.3) is 10.9 Å². The van der Waals surface area contributed by atoms with Gasteiger partial charge in [-0.15, -0.1) is 0 Å². The van der Waals surface area contributed by atoms with Crippen LogP contribution in [0.5, 0.6) is 0 Å². The number of carbonyl (C=O) groups is 1. The number of benzene rings is 1. The van der Waals surface area contributed by atoms with E-state index in [1.54, 1.807) is 31.2 Å². The van der Waals surface area contributed by atoms with Gasteiger partial charge in [0, 0.05) is 18.1 Å². The van der Waals surface area contributed by atoms with Crippen molar-refractivity contribution in [1.82, 2.24) is 14.5 Å². The summed E-state index contributed by atoms with van der Waals surface area (Å²) >= 11 is 0. The van der Waals surface area contributed by atoms with E-state index < -0.39 is 11.7 Å². The number of piperidine rings is 2. The molecule has 0 radical (unpaired) electrons. The molecule has 27 heavy (non-hydrogen) atoms. The molecule has 7 heteroatoms. The van der Waals surface area contributed by atoms with Gasteiger partial charge in [-0.1, -0.05) is 18.6 Å². The quantitative estimate of drug-likeness (QED) is 0.825. The molecule has 3 heterocycles. The van der Waals surface area contributed by atoms with Crippen molar-refractivity contribution in [3.8, 4) is 0 Å². The number of hydrogen-bond acceptors (Lipinski definition) is 5. The molecule has 7 nitrogen and oxygen atoms in total. The molecule has 0 amide bonds. The number of nitrogens with zero attached hydrogens (tertiary/aromatic N) is 2. The first-order valence-electron chi connectivity index (χ1n) is 9.74. The molecule has 2 aromatic rings. The molecule has 1 aromatic carbocycles. The summed E-state index contributed by atoms with van der Waals surface area (Å²) in [7, 11) is 0. The number of rotatable bonds is 4. The molecule has 4 rings (SSSR count). The van der Waals surface area contributed by atoms with E-state index in [0.717, 1.165) is 25.7 Å². The predicted molar refractivity (Wildman–Crippen MR) is 102 cm³/mol.